The van der Waals surface area contributed by atoms with E-state index in [-0.39, 0.29) is 0 Å². The lowest BCUT2D eigenvalue weighted by Gasteiger charge is -2.19. The maximum Gasteiger partial charge on any atom is 0.137 e. The van der Waals surface area contributed by atoms with E-state index in [9.17, 15) is 0 Å². The second-order valence-electron chi connectivity index (χ2n) is 5.50. The highest BCUT2D eigenvalue weighted by Crippen LogP contribution is 2.32. The van der Waals surface area contributed by atoms with Crippen LogP contribution in [-0.2, 0) is 13.0 Å². The van der Waals surface area contributed by atoms with E-state index in [0.29, 0.717) is 10.9 Å². The van der Waals surface area contributed by atoms with E-state index in [1.807, 2.05) is 28.9 Å². The first-order chi connectivity index (χ1) is 11.2. The van der Waals surface area contributed by atoms with Crippen molar-refractivity contribution in [3.8, 4) is 0 Å². The van der Waals surface area contributed by atoms with E-state index < -0.39 is 0 Å². The first kappa shape index (κ1) is 16.0. The van der Waals surface area contributed by atoms with Crippen molar-refractivity contribution in [1.82, 2.24) is 14.8 Å². The van der Waals surface area contributed by atoms with E-state index in [0.717, 1.165) is 30.0 Å². The molecule has 1 atom stereocenters. The van der Waals surface area contributed by atoms with E-state index in [1.54, 1.807) is 12.7 Å². The molecule has 23 heavy (non-hydrogen) atoms. The van der Waals surface area contributed by atoms with Crippen molar-refractivity contribution in [3.05, 3.63) is 82.4 Å². The highest BCUT2D eigenvalue weighted by molar-refractivity contribution is 6.35. The predicted octanol–water partition coefficient (Wildman–Crippen LogP) is 5.00. The molecule has 1 heterocycles. The quantitative estimate of drug-likeness (QED) is 0.629. The van der Waals surface area contributed by atoms with Crippen molar-refractivity contribution in [2.24, 2.45) is 0 Å². The Hall–Kier alpha value is -1.84. The number of nitrogens with zero attached hydrogens (tertiary/aromatic N) is 3. The van der Waals surface area contributed by atoms with Gasteiger partial charge in [0.15, 0.2) is 0 Å². The van der Waals surface area contributed by atoms with Gasteiger partial charge in [-0.25, -0.2) is 4.98 Å². The molecule has 3 rings (SSSR count). The lowest BCUT2D eigenvalue weighted by molar-refractivity contribution is 0.510. The Morgan fingerprint density at radius 2 is 1.87 bits per heavy atom. The summed E-state index contributed by atoms with van der Waals surface area (Å²) >= 11 is 12.5. The maximum absolute atomic E-state index is 6.43. The zero-order valence-electron chi connectivity index (χ0n) is 12.6. The molecule has 2 aromatic carbocycles. The Balaban J connectivity index is 1.82. The Bertz CT molecular complexity index is 742. The number of aromatic nitrogens is 3. The summed E-state index contributed by atoms with van der Waals surface area (Å²) in [5, 5.41) is 5.56. The van der Waals surface area contributed by atoms with Gasteiger partial charge in [0.2, 0.25) is 0 Å². The van der Waals surface area contributed by atoms with Crippen LogP contribution in [0.15, 0.2) is 61.2 Å². The second-order valence-corrected chi connectivity index (χ2v) is 6.34. The molecule has 3 nitrogen and oxygen atoms in total. The smallest absolute Gasteiger partial charge is 0.137 e. The van der Waals surface area contributed by atoms with Crippen LogP contribution in [0.2, 0.25) is 10.0 Å². The van der Waals surface area contributed by atoms with Crippen molar-refractivity contribution >= 4 is 23.2 Å². The van der Waals surface area contributed by atoms with E-state index in [2.05, 4.69) is 34.3 Å². The van der Waals surface area contributed by atoms with Crippen molar-refractivity contribution in [2.45, 2.75) is 25.3 Å². The third-order valence-corrected chi connectivity index (χ3v) is 4.46. The average Bonchev–Trinajstić information content (AvgIpc) is 3.06. The van der Waals surface area contributed by atoms with Gasteiger partial charge in [-0.05, 0) is 42.0 Å². The van der Waals surface area contributed by atoms with Gasteiger partial charge in [0.05, 0.1) is 0 Å². The minimum absolute atomic E-state index is 0.298. The normalized spacial score (nSPS) is 12.3. The molecule has 118 valence electrons. The van der Waals surface area contributed by atoms with Gasteiger partial charge in [-0.2, -0.15) is 5.10 Å². The molecule has 0 fully saturated rings. The summed E-state index contributed by atoms with van der Waals surface area (Å²) in [6.45, 7) is 0.802. The zero-order valence-corrected chi connectivity index (χ0v) is 14.1. The van der Waals surface area contributed by atoms with Gasteiger partial charge in [0.1, 0.15) is 12.7 Å². The van der Waals surface area contributed by atoms with E-state index in [4.69, 9.17) is 23.2 Å². The van der Waals surface area contributed by atoms with Gasteiger partial charge in [-0.15, -0.1) is 0 Å². The third kappa shape index (κ3) is 4.34. The molecular weight excluding hydrogens is 329 g/mol. The fourth-order valence-corrected chi connectivity index (χ4v) is 3.30. The molecule has 0 saturated heterocycles. The zero-order chi connectivity index (χ0) is 16.1. The highest BCUT2D eigenvalue weighted by Gasteiger charge is 2.16. The summed E-state index contributed by atoms with van der Waals surface area (Å²) in [7, 11) is 0. The molecule has 3 aromatic rings. The molecule has 0 bridgehead atoms. The molecule has 5 heteroatoms. The van der Waals surface area contributed by atoms with Crippen molar-refractivity contribution < 1.29 is 0 Å². The number of aryl methyl sites for hydroxylation is 1. The molecular formula is C18H17Cl2N3. The van der Waals surface area contributed by atoms with Gasteiger partial charge in [0, 0.05) is 16.6 Å². The van der Waals surface area contributed by atoms with Crippen LogP contribution in [0.4, 0.5) is 0 Å². The molecule has 0 saturated carbocycles. The molecule has 0 amide bonds. The van der Waals surface area contributed by atoms with Crippen LogP contribution in [0.5, 0.6) is 0 Å². The minimum Gasteiger partial charge on any atom is -0.253 e. The van der Waals surface area contributed by atoms with Crippen LogP contribution in [-0.4, -0.2) is 14.8 Å². The summed E-state index contributed by atoms with van der Waals surface area (Å²) in [6.07, 6.45) is 5.15. The highest BCUT2D eigenvalue weighted by atomic mass is 35.5. The van der Waals surface area contributed by atoms with Crippen LogP contribution >= 0.6 is 23.2 Å². The molecule has 0 radical (unpaired) electrons. The molecule has 0 spiro atoms. The Labute approximate surface area is 145 Å². The Morgan fingerprint density at radius 1 is 1.04 bits per heavy atom. The van der Waals surface area contributed by atoms with Gasteiger partial charge >= 0.3 is 0 Å². The first-order valence-corrected chi connectivity index (χ1v) is 8.29. The molecule has 0 aliphatic carbocycles. The molecule has 0 aliphatic rings. The maximum atomic E-state index is 6.43. The van der Waals surface area contributed by atoms with Crippen LogP contribution in [0, 0.1) is 0 Å². The van der Waals surface area contributed by atoms with Gasteiger partial charge < -0.3 is 0 Å². The standard InChI is InChI=1S/C18H17Cl2N3/c19-16-6-7-17(18(20)11-16)15(8-9-23-13-21-12-22-23)10-14-4-2-1-3-5-14/h1-7,11-13,15H,8-10H2/t15-/m1/s1. The predicted molar refractivity (Wildman–Crippen MR) is 94.0 cm³/mol. The van der Waals surface area contributed by atoms with Gasteiger partial charge in [0.25, 0.3) is 0 Å². The minimum atomic E-state index is 0.298. The first-order valence-electron chi connectivity index (χ1n) is 7.53. The molecule has 0 aliphatic heterocycles. The van der Waals surface area contributed by atoms with Crippen LogP contribution in [0.25, 0.3) is 0 Å². The summed E-state index contributed by atoms with van der Waals surface area (Å²) in [5.41, 5.74) is 2.42. The number of halogens is 2. The lowest BCUT2D eigenvalue weighted by Crippen LogP contribution is -2.09. The van der Waals surface area contributed by atoms with Crippen LogP contribution in [0.1, 0.15) is 23.5 Å². The monoisotopic (exact) mass is 345 g/mol. The van der Waals surface area contributed by atoms with Gasteiger partial charge in [-0.1, -0.05) is 59.6 Å². The summed E-state index contributed by atoms with van der Waals surface area (Å²) in [4.78, 5) is 3.99. The second kappa shape index (κ2) is 7.62. The lowest BCUT2D eigenvalue weighted by atomic mass is 9.89. The SMILES string of the molecule is Clc1ccc([C@H](CCn2cncn2)Cc2ccccc2)c(Cl)c1. The van der Waals surface area contributed by atoms with E-state index in [1.165, 1.54) is 5.56 Å². The van der Waals surface area contributed by atoms with Crippen molar-refractivity contribution in [2.75, 3.05) is 0 Å². The summed E-state index contributed by atoms with van der Waals surface area (Å²) in [5.74, 6) is 0.298. The average molecular weight is 346 g/mol. The van der Waals surface area contributed by atoms with Gasteiger partial charge in [-0.3, -0.25) is 4.68 Å². The van der Waals surface area contributed by atoms with Crippen molar-refractivity contribution in [1.29, 1.82) is 0 Å². The molecule has 0 unspecified atom stereocenters. The Kier molecular flexibility index (Phi) is 5.31. The number of hydrogen-bond donors (Lipinski definition) is 0. The summed E-state index contributed by atoms with van der Waals surface area (Å²) < 4.78 is 1.85. The topological polar surface area (TPSA) is 30.7 Å². The fraction of sp³-hybridized carbons (Fsp3) is 0.222. The van der Waals surface area contributed by atoms with Crippen LogP contribution < -0.4 is 0 Å². The van der Waals surface area contributed by atoms with Crippen LogP contribution in [0.3, 0.4) is 0 Å². The number of rotatable bonds is 6. The molecule has 0 N–H and O–H groups in total. The number of benzene rings is 2. The largest absolute Gasteiger partial charge is 0.253 e. The van der Waals surface area contributed by atoms with Crippen molar-refractivity contribution in [3.63, 3.8) is 0 Å². The summed E-state index contributed by atoms with van der Waals surface area (Å²) in [6, 6.07) is 16.2. The number of hydrogen-bond acceptors (Lipinski definition) is 2. The fourth-order valence-electron chi connectivity index (χ4n) is 2.74. The third-order valence-electron chi connectivity index (χ3n) is 3.90. The Morgan fingerprint density at radius 3 is 2.57 bits per heavy atom. The van der Waals surface area contributed by atoms with E-state index >= 15 is 0 Å². The molecule has 1 aromatic heterocycles.